The predicted molar refractivity (Wildman–Crippen MR) is 87.0 cm³/mol. The van der Waals surface area contributed by atoms with Gasteiger partial charge in [-0.2, -0.15) is 5.10 Å². The van der Waals surface area contributed by atoms with Gasteiger partial charge in [-0.05, 0) is 48.9 Å². The number of halogens is 2. The number of hydrogen-bond acceptors (Lipinski definition) is 3. The van der Waals surface area contributed by atoms with Crippen molar-refractivity contribution >= 4 is 40.5 Å². The number of carbonyl (C=O) groups is 1. The summed E-state index contributed by atoms with van der Waals surface area (Å²) in [6, 6.07) is 11.7. The number of benzene rings is 2. The number of nitrogens with zero attached hydrogens (tertiary/aromatic N) is 1. The van der Waals surface area contributed by atoms with Gasteiger partial charge in [-0.25, -0.2) is 5.43 Å². The Bertz CT molecular complexity index is 697. The van der Waals surface area contributed by atoms with Crippen LogP contribution in [0.15, 0.2) is 47.6 Å². The van der Waals surface area contributed by atoms with Crippen molar-refractivity contribution in [2.24, 2.45) is 5.10 Å². The predicted octanol–water partition coefficient (Wildman–Crippen LogP) is 3.73. The highest BCUT2D eigenvalue weighted by Crippen LogP contribution is 2.22. The number of nitrogens with one attached hydrogen (secondary N) is 1. The fourth-order valence-corrected chi connectivity index (χ4v) is 1.92. The van der Waals surface area contributed by atoms with E-state index in [9.17, 15) is 4.79 Å². The number of nitrogen functional groups attached to an aromatic ring is 1. The van der Waals surface area contributed by atoms with Crippen molar-refractivity contribution in [1.82, 2.24) is 5.43 Å². The molecule has 6 heteroatoms. The average Bonchev–Trinajstić information content (AvgIpc) is 2.48. The number of amides is 1. The van der Waals surface area contributed by atoms with Crippen LogP contribution in [-0.4, -0.2) is 11.6 Å². The minimum Gasteiger partial charge on any atom is -0.399 e. The molecule has 0 aliphatic rings. The minimum absolute atomic E-state index is 0.311. The lowest BCUT2D eigenvalue weighted by molar-refractivity contribution is 0.0955. The molecule has 1 amide bonds. The van der Waals surface area contributed by atoms with E-state index in [2.05, 4.69) is 10.5 Å². The molecule has 3 N–H and O–H groups in total. The Kier molecular flexibility index (Phi) is 4.83. The second-order valence-corrected chi connectivity index (χ2v) is 5.20. The fraction of sp³-hybridized carbons (Fsp3) is 0.0667. The number of hydrogen-bond donors (Lipinski definition) is 2. The molecule has 0 saturated heterocycles. The fourth-order valence-electron chi connectivity index (χ4n) is 1.62. The Labute approximate surface area is 132 Å². The van der Waals surface area contributed by atoms with E-state index in [0.717, 1.165) is 5.56 Å². The molecule has 0 aromatic heterocycles. The van der Waals surface area contributed by atoms with Gasteiger partial charge in [-0.15, -0.1) is 0 Å². The van der Waals surface area contributed by atoms with E-state index in [0.29, 0.717) is 27.0 Å². The van der Waals surface area contributed by atoms with Crippen LogP contribution in [0.4, 0.5) is 5.69 Å². The van der Waals surface area contributed by atoms with Crippen molar-refractivity contribution in [3.8, 4) is 0 Å². The molecule has 0 atom stereocenters. The third-order valence-corrected chi connectivity index (χ3v) is 3.57. The zero-order valence-electron chi connectivity index (χ0n) is 11.2. The second kappa shape index (κ2) is 6.61. The van der Waals surface area contributed by atoms with Gasteiger partial charge in [0.1, 0.15) is 0 Å². The van der Waals surface area contributed by atoms with E-state index in [1.54, 1.807) is 49.4 Å². The summed E-state index contributed by atoms with van der Waals surface area (Å²) in [4.78, 5) is 11.9. The van der Waals surface area contributed by atoms with Crippen molar-refractivity contribution in [1.29, 1.82) is 0 Å². The van der Waals surface area contributed by atoms with Crippen molar-refractivity contribution in [3.05, 3.63) is 63.6 Å². The van der Waals surface area contributed by atoms with Crippen LogP contribution in [0, 0.1) is 0 Å². The molecule has 0 radical (unpaired) electrons. The summed E-state index contributed by atoms with van der Waals surface area (Å²) in [5, 5.41) is 4.96. The molecule has 0 aliphatic carbocycles. The van der Waals surface area contributed by atoms with E-state index in [4.69, 9.17) is 28.9 Å². The van der Waals surface area contributed by atoms with Gasteiger partial charge < -0.3 is 5.73 Å². The maximum absolute atomic E-state index is 11.9. The Hall–Kier alpha value is -2.04. The van der Waals surface area contributed by atoms with Gasteiger partial charge in [0, 0.05) is 11.3 Å². The molecule has 0 aliphatic heterocycles. The van der Waals surface area contributed by atoms with Crippen LogP contribution >= 0.6 is 23.2 Å². The third kappa shape index (κ3) is 3.97. The second-order valence-electron chi connectivity index (χ2n) is 4.39. The van der Waals surface area contributed by atoms with Crippen molar-refractivity contribution in [2.75, 3.05) is 5.73 Å². The summed E-state index contributed by atoms with van der Waals surface area (Å²) in [7, 11) is 0. The normalized spacial score (nSPS) is 11.3. The first-order valence-electron chi connectivity index (χ1n) is 6.13. The first-order valence-corrected chi connectivity index (χ1v) is 6.88. The largest absolute Gasteiger partial charge is 0.399 e. The van der Waals surface area contributed by atoms with Gasteiger partial charge in [0.2, 0.25) is 0 Å². The molecule has 0 unspecified atom stereocenters. The van der Waals surface area contributed by atoms with Crippen molar-refractivity contribution < 1.29 is 4.79 Å². The summed E-state index contributed by atoms with van der Waals surface area (Å²) < 4.78 is 0. The van der Waals surface area contributed by atoms with Crippen LogP contribution in [0.1, 0.15) is 22.8 Å². The molecule has 21 heavy (non-hydrogen) atoms. The van der Waals surface area contributed by atoms with Gasteiger partial charge in [-0.3, -0.25) is 4.79 Å². The molecular formula is C15H13Cl2N3O. The molecule has 2 aromatic rings. The molecule has 2 rings (SSSR count). The van der Waals surface area contributed by atoms with Crippen LogP contribution in [0.2, 0.25) is 10.0 Å². The minimum atomic E-state index is -0.311. The molecular weight excluding hydrogens is 309 g/mol. The zero-order chi connectivity index (χ0) is 15.4. The quantitative estimate of drug-likeness (QED) is 0.514. The summed E-state index contributed by atoms with van der Waals surface area (Å²) in [6.07, 6.45) is 0. The van der Waals surface area contributed by atoms with Gasteiger partial charge in [0.05, 0.1) is 15.8 Å². The van der Waals surface area contributed by atoms with E-state index in [1.165, 1.54) is 0 Å². The highest BCUT2D eigenvalue weighted by molar-refractivity contribution is 6.42. The SMILES string of the molecule is C/C(=N\NC(=O)c1ccc(N)cc1)c1ccc(Cl)c(Cl)c1. The highest BCUT2D eigenvalue weighted by Gasteiger charge is 2.06. The van der Waals surface area contributed by atoms with E-state index in [1.807, 2.05) is 0 Å². The Morgan fingerprint density at radius 3 is 2.29 bits per heavy atom. The molecule has 0 fully saturated rings. The standard InChI is InChI=1S/C15H13Cl2N3O/c1-9(11-4-7-13(16)14(17)8-11)19-20-15(21)10-2-5-12(18)6-3-10/h2-8H,18H2,1H3,(H,20,21)/b19-9+. The van der Waals surface area contributed by atoms with Crippen molar-refractivity contribution in [3.63, 3.8) is 0 Å². The van der Waals surface area contributed by atoms with Crippen LogP contribution in [0.25, 0.3) is 0 Å². The van der Waals surface area contributed by atoms with E-state index in [-0.39, 0.29) is 5.91 Å². The summed E-state index contributed by atoms with van der Waals surface area (Å²) in [5.41, 5.74) is 10.5. The monoisotopic (exact) mass is 321 g/mol. The maximum Gasteiger partial charge on any atom is 0.271 e. The Balaban J connectivity index is 2.10. The molecule has 0 bridgehead atoms. The first kappa shape index (κ1) is 15.4. The van der Waals surface area contributed by atoms with Gasteiger partial charge in [0.25, 0.3) is 5.91 Å². The summed E-state index contributed by atoms with van der Waals surface area (Å²) >= 11 is 11.8. The van der Waals surface area contributed by atoms with E-state index < -0.39 is 0 Å². The van der Waals surface area contributed by atoms with Gasteiger partial charge >= 0.3 is 0 Å². The molecule has 4 nitrogen and oxygen atoms in total. The summed E-state index contributed by atoms with van der Waals surface area (Å²) in [6.45, 7) is 1.77. The zero-order valence-corrected chi connectivity index (χ0v) is 12.7. The lowest BCUT2D eigenvalue weighted by atomic mass is 10.1. The Morgan fingerprint density at radius 1 is 1.05 bits per heavy atom. The topological polar surface area (TPSA) is 67.5 Å². The molecule has 0 saturated carbocycles. The van der Waals surface area contributed by atoms with Crippen LogP contribution in [0.3, 0.4) is 0 Å². The lowest BCUT2D eigenvalue weighted by Gasteiger charge is -2.04. The number of rotatable bonds is 3. The van der Waals surface area contributed by atoms with Crippen molar-refractivity contribution in [2.45, 2.75) is 6.92 Å². The van der Waals surface area contributed by atoms with E-state index >= 15 is 0 Å². The third-order valence-electron chi connectivity index (χ3n) is 2.84. The number of hydrazone groups is 1. The number of carbonyl (C=O) groups excluding carboxylic acids is 1. The highest BCUT2D eigenvalue weighted by atomic mass is 35.5. The maximum atomic E-state index is 11.9. The van der Waals surface area contributed by atoms with Crippen LogP contribution in [0.5, 0.6) is 0 Å². The van der Waals surface area contributed by atoms with Crippen LogP contribution in [-0.2, 0) is 0 Å². The smallest absolute Gasteiger partial charge is 0.271 e. The Morgan fingerprint density at radius 2 is 1.67 bits per heavy atom. The number of anilines is 1. The molecule has 108 valence electrons. The van der Waals surface area contributed by atoms with Gasteiger partial charge in [-0.1, -0.05) is 29.3 Å². The molecule has 0 spiro atoms. The summed E-state index contributed by atoms with van der Waals surface area (Å²) in [5.74, 6) is -0.311. The van der Waals surface area contributed by atoms with Crippen LogP contribution < -0.4 is 11.2 Å². The average molecular weight is 322 g/mol. The lowest BCUT2D eigenvalue weighted by Crippen LogP contribution is -2.19. The molecule has 0 heterocycles. The first-order chi connectivity index (χ1) is 9.97. The van der Waals surface area contributed by atoms with Gasteiger partial charge in [0.15, 0.2) is 0 Å². The molecule has 2 aromatic carbocycles. The number of nitrogens with two attached hydrogens (primary N) is 1.